The van der Waals surface area contributed by atoms with E-state index in [2.05, 4.69) is 24.1 Å². The maximum absolute atomic E-state index is 6.11. The first-order chi connectivity index (χ1) is 7.74. The van der Waals surface area contributed by atoms with Gasteiger partial charge in [0.2, 0.25) is 0 Å². The van der Waals surface area contributed by atoms with Gasteiger partial charge in [0.05, 0.1) is 6.61 Å². The van der Waals surface area contributed by atoms with Crippen LogP contribution in [-0.2, 0) is 4.74 Å². The van der Waals surface area contributed by atoms with E-state index in [0.29, 0.717) is 0 Å². The van der Waals surface area contributed by atoms with Gasteiger partial charge in [0.15, 0.2) is 0 Å². The number of rotatable bonds is 7. The number of methoxy groups -OCH3 is 1. The molecular formula is C13H22N2O. The Morgan fingerprint density at radius 3 is 2.56 bits per heavy atom. The summed E-state index contributed by atoms with van der Waals surface area (Å²) in [5.41, 5.74) is 7.32. The molecule has 2 N–H and O–H groups in total. The fourth-order valence-electron chi connectivity index (χ4n) is 1.59. The average molecular weight is 222 g/mol. The van der Waals surface area contributed by atoms with Gasteiger partial charge in [0.1, 0.15) is 0 Å². The Bertz CT molecular complexity index is 277. The summed E-state index contributed by atoms with van der Waals surface area (Å²) in [6, 6.07) is 10.4. The number of likely N-dealkylation sites (N-methyl/N-ethyl adjacent to an activating group) is 1. The van der Waals surface area contributed by atoms with Crippen LogP contribution in [-0.4, -0.2) is 38.8 Å². The number of nitrogens with zero attached hydrogens (tertiary/aromatic N) is 1. The fraction of sp³-hybridized carbons (Fsp3) is 0.538. The van der Waals surface area contributed by atoms with E-state index < -0.39 is 0 Å². The summed E-state index contributed by atoms with van der Waals surface area (Å²) >= 11 is 0. The van der Waals surface area contributed by atoms with Crippen LogP contribution in [0, 0.1) is 0 Å². The molecule has 0 heterocycles. The van der Waals surface area contributed by atoms with Crippen molar-refractivity contribution in [3.8, 4) is 0 Å². The molecule has 3 nitrogen and oxygen atoms in total. The van der Waals surface area contributed by atoms with E-state index in [4.69, 9.17) is 10.5 Å². The van der Waals surface area contributed by atoms with Gasteiger partial charge in [-0.3, -0.25) is 0 Å². The van der Waals surface area contributed by atoms with Crippen molar-refractivity contribution in [3.05, 3.63) is 35.9 Å². The van der Waals surface area contributed by atoms with Crippen LogP contribution >= 0.6 is 0 Å². The summed E-state index contributed by atoms with van der Waals surface area (Å²) in [5, 5.41) is 0. The maximum Gasteiger partial charge on any atom is 0.0589 e. The molecule has 16 heavy (non-hydrogen) atoms. The van der Waals surface area contributed by atoms with E-state index in [1.165, 1.54) is 5.56 Å². The summed E-state index contributed by atoms with van der Waals surface area (Å²) in [7, 11) is 3.82. The Morgan fingerprint density at radius 1 is 1.25 bits per heavy atom. The minimum atomic E-state index is 0.131. The van der Waals surface area contributed by atoms with Crippen LogP contribution in [0.15, 0.2) is 30.3 Å². The zero-order chi connectivity index (χ0) is 11.8. The molecule has 90 valence electrons. The lowest BCUT2D eigenvalue weighted by Crippen LogP contribution is -2.26. The average Bonchev–Trinajstić information content (AvgIpc) is 2.34. The minimum Gasteiger partial charge on any atom is -0.383 e. The van der Waals surface area contributed by atoms with E-state index in [9.17, 15) is 0 Å². The maximum atomic E-state index is 6.11. The predicted octanol–water partition coefficient (Wildman–Crippen LogP) is 1.65. The first-order valence-corrected chi connectivity index (χ1v) is 5.72. The van der Waals surface area contributed by atoms with Gasteiger partial charge in [-0.05, 0) is 25.6 Å². The molecule has 0 bridgehead atoms. The number of hydrogen-bond acceptors (Lipinski definition) is 3. The topological polar surface area (TPSA) is 38.5 Å². The zero-order valence-electron chi connectivity index (χ0n) is 10.2. The summed E-state index contributed by atoms with van der Waals surface area (Å²) in [4.78, 5) is 2.24. The van der Waals surface area contributed by atoms with E-state index in [0.717, 1.165) is 26.1 Å². The van der Waals surface area contributed by atoms with Crippen molar-refractivity contribution in [3.63, 3.8) is 0 Å². The quantitative estimate of drug-likeness (QED) is 0.762. The van der Waals surface area contributed by atoms with Gasteiger partial charge in [-0.15, -0.1) is 0 Å². The Hall–Kier alpha value is -0.900. The molecule has 1 rings (SSSR count). The van der Waals surface area contributed by atoms with Gasteiger partial charge >= 0.3 is 0 Å². The molecule has 1 atom stereocenters. The van der Waals surface area contributed by atoms with Crippen molar-refractivity contribution in [2.75, 3.05) is 33.9 Å². The van der Waals surface area contributed by atoms with Crippen molar-refractivity contribution in [1.82, 2.24) is 4.90 Å². The molecule has 0 aromatic heterocycles. The zero-order valence-corrected chi connectivity index (χ0v) is 10.2. The van der Waals surface area contributed by atoms with Crippen LogP contribution in [0.4, 0.5) is 0 Å². The molecule has 0 spiro atoms. The van der Waals surface area contributed by atoms with Gasteiger partial charge in [0, 0.05) is 19.7 Å². The van der Waals surface area contributed by atoms with Crippen LogP contribution in [0.2, 0.25) is 0 Å². The molecule has 0 saturated carbocycles. The van der Waals surface area contributed by atoms with Crippen molar-refractivity contribution < 1.29 is 4.74 Å². The number of nitrogens with two attached hydrogens (primary N) is 1. The predicted molar refractivity (Wildman–Crippen MR) is 67.4 cm³/mol. The highest BCUT2D eigenvalue weighted by Gasteiger charge is 2.06. The van der Waals surface area contributed by atoms with Crippen molar-refractivity contribution in [2.45, 2.75) is 12.5 Å². The highest BCUT2D eigenvalue weighted by Crippen LogP contribution is 2.13. The Morgan fingerprint density at radius 2 is 1.94 bits per heavy atom. The Labute approximate surface area is 98.2 Å². The fourth-order valence-corrected chi connectivity index (χ4v) is 1.59. The highest BCUT2D eigenvalue weighted by molar-refractivity contribution is 5.18. The summed E-state index contributed by atoms with van der Waals surface area (Å²) in [6.45, 7) is 2.73. The highest BCUT2D eigenvalue weighted by atomic mass is 16.5. The summed E-state index contributed by atoms with van der Waals surface area (Å²) in [6.07, 6.45) is 0.976. The van der Waals surface area contributed by atoms with E-state index in [-0.39, 0.29) is 6.04 Å². The van der Waals surface area contributed by atoms with Gasteiger partial charge < -0.3 is 15.4 Å². The molecule has 1 aromatic carbocycles. The van der Waals surface area contributed by atoms with Crippen LogP contribution in [0.1, 0.15) is 18.0 Å². The molecule has 0 aliphatic heterocycles. The molecule has 0 saturated heterocycles. The van der Waals surface area contributed by atoms with Crippen molar-refractivity contribution >= 4 is 0 Å². The summed E-state index contributed by atoms with van der Waals surface area (Å²) in [5.74, 6) is 0. The number of hydrogen-bond donors (Lipinski definition) is 1. The molecule has 0 amide bonds. The smallest absolute Gasteiger partial charge is 0.0589 e. The molecule has 0 unspecified atom stereocenters. The first kappa shape index (κ1) is 13.2. The van der Waals surface area contributed by atoms with E-state index in [1.807, 2.05) is 18.2 Å². The van der Waals surface area contributed by atoms with Crippen LogP contribution in [0.25, 0.3) is 0 Å². The molecule has 1 aromatic rings. The lowest BCUT2D eigenvalue weighted by Gasteiger charge is -2.19. The standard InChI is InChI=1S/C13H22N2O/c1-15(10-11-16-2)9-8-13(14)12-6-4-3-5-7-12/h3-7,13H,8-11,14H2,1-2H3/t13-/m1/s1. The second-order valence-corrected chi connectivity index (χ2v) is 4.10. The van der Waals surface area contributed by atoms with Crippen LogP contribution < -0.4 is 5.73 Å². The van der Waals surface area contributed by atoms with Gasteiger partial charge in [-0.1, -0.05) is 30.3 Å². The van der Waals surface area contributed by atoms with Crippen LogP contribution in [0.5, 0.6) is 0 Å². The number of benzene rings is 1. The van der Waals surface area contributed by atoms with Crippen molar-refractivity contribution in [2.24, 2.45) is 5.73 Å². The number of ether oxygens (including phenoxy) is 1. The SMILES string of the molecule is COCCN(C)CC[C@@H](N)c1ccccc1. The normalized spacial score (nSPS) is 13.0. The van der Waals surface area contributed by atoms with Crippen molar-refractivity contribution in [1.29, 1.82) is 0 Å². The largest absolute Gasteiger partial charge is 0.383 e. The summed E-state index contributed by atoms with van der Waals surface area (Å²) < 4.78 is 5.03. The molecule has 0 radical (unpaired) electrons. The molecule has 0 aliphatic carbocycles. The third-order valence-electron chi connectivity index (χ3n) is 2.73. The second-order valence-electron chi connectivity index (χ2n) is 4.10. The monoisotopic (exact) mass is 222 g/mol. The molecule has 3 heteroatoms. The third-order valence-corrected chi connectivity index (χ3v) is 2.73. The first-order valence-electron chi connectivity index (χ1n) is 5.72. The Kier molecular flexibility index (Phi) is 6.08. The third kappa shape index (κ3) is 4.75. The van der Waals surface area contributed by atoms with E-state index >= 15 is 0 Å². The molecular weight excluding hydrogens is 200 g/mol. The van der Waals surface area contributed by atoms with Gasteiger partial charge in [-0.2, -0.15) is 0 Å². The lowest BCUT2D eigenvalue weighted by atomic mass is 10.0. The Balaban J connectivity index is 2.27. The second kappa shape index (κ2) is 7.39. The lowest BCUT2D eigenvalue weighted by molar-refractivity contribution is 0.159. The van der Waals surface area contributed by atoms with E-state index in [1.54, 1.807) is 7.11 Å². The van der Waals surface area contributed by atoms with Gasteiger partial charge in [-0.25, -0.2) is 0 Å². The molecule has 0 fully saturated rings. The minimum absolute atomic E-state index is 0.131. The van der Waals surface area contributed by atoms with Crippen LogP contribution in [0.3, 0.4) is 0 Å². The molecule has 0 aliphatic rings. The van der Waals surface area contributed by atoms with Gasteiger partial charge in [0.25, 0.3) is 0 Å².